The Balaban J connectivity index is 1.62. The van der Waals surface area contributed by atoms with Gasteiger partial charge in [-0.05, 0) is 49.9 Å². The summed E-state index contributed by atoms with van der Waals surface area (Å²) in [7, 11) is 0. The SMILES string of the molecule is Cc1ccc(C)c(Cn2c(CNC(=O)C3CCCO3)nc3ccccc32)c1. The van der Waals surface area contributed by atoms with Crippen LogP contribution in [0, 0.1) is 13.8 Å². The molecule has 0 spiro atoms. The highest BCUT2D eigenvalue weighted by atomic mass is 16.5. The molecule has 1 aliphatic rings. The number of aromatic nitrogens is 2. The average Bonchev–Trinajstić information content (AvgIpc) is 3.31. The Bertz CT molecular complexity index is 971. The van der Waals surface area contributed by atoms with Crippen molar-refractivity contribution in [2.45, 2.75) is 45.9 Å². The van der Waals surface area contributed by atoms with E-state index in [0.29, 0.717) is 13.2 Å². The number of nitrogens with one attached hydrogen (secondary N) is 1. The summed E-state index contributed by atoms with van der Waals surface area (Å²) in [6.07, 6.45) is 1.43. The van der Waals surface area contributed by atoms with Crippen LogP contribution >= 0.6 is 0 Å². The minimum Gasteiger partial charge on any atom is -0.368 e. The molecule has 1 unspecified atom stereocenters. The van der Waals surface area contributed by atoms with Gasteiger partial charge in [0.2, 0.25) is 5.91 Å². The van der Waals surface area contributed by atoms with E-state index >= 15 is 0 Å². The molecule has 1 saturated heterocycles. The van der Waals surface area contributed by atoms with Crippen LogP contribution in [0.25, 0.3) is 11.0 Å². The third kappa shape index (κ3) is 3.74. The highest BCUT2D eigenvalue weighted by Gasteiger charge is 2.23. The second-order valence-electron chi connectivity index (χ2n) is 7.25. The van der Waals surface area contributed by atoms with Crippen molar-refractivity contribution in [3.8, 4) is 0 Å². The van der Waals surface area contributed by atoms with Crippen LogP contribution in [-0.2, 0) is 22.6 Å². The van der Waals surface area contributed by atoms with Crippen molar-refractivity contribution >= 4 is 16.9 Å². The molecule has 140 valence electrons. The lowest BCUT2D eigenvalue weighted by Crippen LogP contribution is -2.34. The Hall–Kier alpha value is -2.66. The molecule has 27 heavy (non-hydrogen) atoms. The van der Waals surface area contributed by atoms with Gasteiger partial charge >= 0.3 is 0 Å². The maximum atomic E-state index is 12.3. The predicted molar refractivity (Wildman–Crippen MR) is 106 cm³/mol. The van der Waals surface area contributed by atoms with Crippen molar-refractivity contribution in [1.82, 2.24) is 14.9 Å². The van der Waals surface area contributed by atoms with Gasteiger partial charge in [-0.3, -0.25) is 4.79 Å². The molecule has 1 aliphatic heterocycles. The molecule has 0 radical (unpaired) electrons. The molecule has 1 aromatic heterocycles. The molecule has 4 rings (SSSR count). The molecule has 0 saturated carbocycles. The monoisotopic (exact) mass is 363 g/mol. The van der Waals surface area contributed by atoms with Gasteiger partial charge in [0.05, 0.1) is 17.6 Å². The van der Waals surface area contributed by atoms with E-state index in [2.05, 4.69) is 48.0 Å². The third-order valence-electron chi connectivity index (χ3n) is 5.21. The predicted octanol–water partition coefficient (Wildman–Crippen LogP) is 3.50. The van der Waals surface area contributed by atoms with Crippen LogP contribution in [-0.4, -0.2) is 28.2 Å². The Labute approximate surface area is 159 Å². The Morgan fingerprint density at radius 2 is 2.11 bits per heavy atom. The lowest BCUT2D eigenvalue weighted by molar-refractivity contribution is -0.130. The largest absolute Gasteiger partial charge is 0.368 e. The van der Waals surface area contributed by atoms with Crippen molar-refractivity contribution in [3.05, 3.63) is 65.0 Å². The molecular weight excluding hydrogens is 338 g/mol. The summed E-state index contributed by atoms with van der Waals surface area (Å²) in [5, 5.41) is 3.01. The number of nitrogens with zero attached hydrogens (tertiary/aromatic N) is 2. The Morgan fingerprint density at radius 3 is 2.93 bits per heavy atom. The maximum absolute atomic E-state index is 12.3. The van der Waals surface area contributed by atoms with Crippen LogP contribution in [0.15, 0.2) is 42.5 Å². The number of fused-ring (bicyclic) bond motifs is 1. The van der Waals surface area contributed by atoms with Gasteiger partial charge in [-0.2, -0.15) is 0 Å². The summed E-state index contributed by atoms with van der Waals surface area (Å²) < 4.78 is 7.68. The summed E-state index contributed by atoms with van der Waals surface area (Å²) in [5.41, 5.74) is 5.80. The minimum atomic E-state index is -0.318. The van der Waals surface area contributed by atoms with Crippen molar-refractivity contribution in [1.29, 1.82) is 0 Å². The van der Waals surface area contributed by atoms with Crippen molar-refractivity contribution in [2.24, 2.45) is 0 Å². The van der Waals surface area contributed by atoms with Crippen molar-refractivity contribution in [2.75, 3.05) is 6.61 Å². The number of carbonyl (C=O) groups excluding carboxylic acids is 1. The lowest BCUT2D eigenvalue weighted by atomic mass is 10.1. The summed E-state index contributed by atoms with van der Waals surface area (Å²) >= 11 is 0. The summed E-state index contributed by atoms with van der Waals surface area (Å²) in [4.78, 5) is 17.1. The molecule has 0 aliphatic carbocycles. The normalized spacial score (nSPS) is 16.7. The molecule has 0 bridgehead atoms. The number of aryl methyl sites for hydroxylation is 2. The summed E-state index contributed by atoms with van der Waals surface area (Å²) in [6, 6.07) is 14.6. The highest BCUT2D eigenvalue weighted by molar-refractivity contribution is 5.81. The molecule has 2 aromatic carbocycles. The van der Waals surface area contributed by atoms with Crippen LogP contribution < -0.4 is 5.32 Å². The second-order valence-corrected chi connectivity index (χ2v) is 7.25. The fourth-order valence-electron chi connectivity index (χ4n) is 3.64. The number of carbonyl (C=O) groups is 1. The third-order valence-corrected chi connectivity index (χ3v) is 5.21. The molecule has 3 aromatic rings. The van der Waals surface area contributed by atoms with Gasteiger partial charge in [-0.15, -0.1) is 0 Å². The number of hydrogen-bond acceptors (Lipinski definition) is 3. The quantitative estimate of drug-likeness (QED) is 0.755. The number of para-hydroxylation sites is 2. The van der Waals surface area contributed by atoms with Crippen molar-refractivity contribution < 1.29 is 9.53 Å². The highest BCUT2D eigenvalue weighted by Crippen LogP contribution is 2.20. The zero-order valence-corrected chi connectivity index (χ0v) is 15.9. The molecule has 5 nitrogen and oxygen atoms in total. The maximum Gasteiger partial charge on any atom is 0.249 e. The van der Waals surface area contributed by atoms with E-state index < -0.39 is 0 Å². The standard InChI is InChI=1S/C22H25N3O2/c1-15-9-10-16(2)17(12-15)14-25-19-7-4-3-6-18(19)24-21(25)13-23-22(26)20-8-5-11-27-20/h3-4,6-7,9-10,12,20H,5,8,11,13-14H2,1-2H3,(H,23,26). The van der Waals surface area contributed by atoms with E-state index in [4.69, 9.17) is 9.72 Å². The number of benzene rings is 2. The summed E-state index contributed by atoms with van der Waals surface area (Å²) in [5.74, 6) is 0.821. The average molecular weight is 363 g/mol. The first-order valence-electron chi connectivity index (χ1n) is 9.51. The molecule has 1 fully saturated rings. The van der Waals surface area contributed by atoms with Gasteiger partial charge in [0.1, 0.15) is 11.9 Å². The first kappa shape index (κ1) is 17.7. The first-order valence-corrected chi connectivity index (χ1v) is 9.51. The molecule has 1 amide bonds. The van der Waals surface area contributed by atoms with Crippen molar-refractivity contribution in [3.63, 3.8) is 0 Å². The Morgan fingerprint density at radius 1 is 1.26 bits per heavy atom. The van der Waals surface area contributed by atoms with Gasteiger partial charge in [0.15, 0.2) is 0 Å². The van der Waals surface area contributed by atoms with Gasteiger partial charge < -0.3 is 14.6 Å². The smallest absolute Gasteiger partial charge is 0.249 e. The van der Waals surface area contributed by atoms with E-state index in [0.717, 1.165) is 36.2 Å². The molecule has 1 N–H and O–H groups in total. The number of imidazole rings is 1. The van der Waals surface area contributed by atoms with Gasteiger partial charge in [0, 0.05) is 13.2 Å². The van der Waals surface area contributed by atoms with Gasteiger partial charge in [-0.1, -0.05) is 35.9 Å². The molecule has 5 heteroatoms. The lowest BCUT2D eigenvalue weighted by Gasteiger charge is -2.14. The molecule has 2 heterocycles. The molecule has 1 atom stereocenters. The van der Waals surface area contributed by atoms with Crippen LogP contribution in [0.1, 0.15) is 35.4 Å². The minimum absolute atomic E-state index is 0.0437. The van der Waals surface area contributed by atoms with E-state index in [9.17, 15) is 4.79 Å². The summed E-state index contributed by atoms with van der Waals surface area (Å²) in [6.45, 7) is 6.05. The van der Waals surface area contributed by atoms with Gasteiger partial charge in [-0.25, -0.2) is 4.98 Å². The molecular formula is C22H25N3O2. The van der Waals surface area contributed by atoms with E-state index in [-0.39, 0.29) is 12.0 Å². The Kier molecular flexibility index (Phi) is 4.94. The van der Waals surface area contributed by atoms with Crippen LogP contribution in [0.5, 0.6) is 0 Å². The van der Waals surface area contributed by atoms with Crippen LogP contribution in [0.2, 0.25) is 0 Å². The van der Waals surface area contributed by atoms with E-state index in [1.807, 2.05) is 18.2 Å². The number of hydrogen-bond donors (Lipinski definition) is 1. The first-order chi connectivity index (χ1) is 13.1. The fraction of sp³-hybridized carbons (Fsp3) is 0.364. The zero-order valence-electron chi connectivity index (χ0n) is 15.9. The fourth-order valence-corrected chi connectivity index (χ4v) is 3.64. The van der Waals surface area contributed by atoms with Crippen LogP contribution in [0.3, 0.4) is 0 Å². The second kappa shape index (κ2) is 7.53. The van der Waals surface area contributed by atoms with Crippen LogP contribution in [0.4, 0.5) is 0 Å². The van der Waals surface area contributed by atoms with E-state index in [1.54, 1.807) is 0 Å². The number of rotatable bonds is 5. The zero-order chi connectivity index (χ0) is 18.8. The number of amides is 1. The van der Waals surface area contributed by atoms with Gasteiger partial charge in [0.25, 0.3) is 0 Å². The van der Waals surface area contributed by atoms with E-state index in [1.165, 1.54) is 16.7 Å². The topological polar surface area (TPSA) is 56.2 Å². The number of ether oxygens (including phenoxy) is 1.